The smallest absolute Gasteiger partial charge is 0.320 e. The zero-order valence-electron chi connectivity index (χ0n) is 12.5. The van der Waals surface area contributed by atoms with Crippen molar-refractivity contribution in [2.75, 3.05) is 0 Å². The Labute approximate surface area is 120 Å². The summed E-state index contributed by atoms with van der Waals surface area (Å²) in [6.07, 6.45) is 1.46. The van der Waals surface area contributed by atoms with Gasteiger partial charge in [0, 0.05) is 6.54 Å². The van der Waals surface area contributed by atoms with E-state index in [1.54, 1.807) is 0 Å². The van der Waals surface area contributed by atoms with Crippen molar-refractivity contribution in [1.29, 1.82) is 0 Å². The van der Waals surface area contributed by atoms with Crippen molar-refractivity contribution in [3.63, 3.8) is 0 Å². The van der Waals surface area contributed by atoms with Crippen LogP contribution in [-0.2, 0) is 17.9 Å². The fraction of sp³-hybridized carbons (Fsp3) is 0.562. The van der Waals surface area contributed by atoms with Crippen LogP contribution in [0, 0.1) is 5.41 Å². The van der Waals surface area contributed by atoms with Crippen LogP contribution in [0.25, 0.3) is 0 Å². The third-order valence-electron chi connectivity index (χ3n) is 3.21. The molecule has 4 nitrogen and oxygen atoms in total. The summed E-state index contributed by atoms with van der Waals surface area (Å²) in [6.45, 7) is 6.82. The van der Waals surface area contributed by atoms with Gasteiger partial charge in [-0.3, -0.25) is 4.79 Å². The second kappa shape index (κ2) is 7.41. The Bertz CT molecular complexity index is 438. The Morgan fingerprint density at radius 1 is 1.30 bits per heavy atom. The van der Waals surface area contributed by atoms with Crippen LogP contribution >= 0.6 is 0 Å². The number of carbonyl (C=O) groups is 1. The highest BCUT2D eigenvalue weighted by molar-refractivity contribution is 5.73. The standard InChI is InChI=1S/C16H25NO3/c1-16(2,3)8-7-14(15(19)20)17-10-12-5-4-6-13(9-12)11-18/h4-6,9,14,17-18H,7-8,10-11H2,1-3H3,(H,19,20)/t14-/m0/s1. The second-order valence-electron chi connectivity index (χ2n) is 6.35. The van der Waals surface area contributed by atoms with E-state index >= 15 is 0 Å². The minimum absolute atomic E-state index is 0.000221. The molecule has 1 atom stereocenters. The number of rotatable bonds is 7. The van der Waals surface area contributed by atoms with Crippen molar-refractivity contribution in [2.24, 2.45) is 5.41 Å². The first kappa shape index (κ1) is 16.7. The van der Waals surface area contributed by atoms with Crippen molar-refractivity contribution in [2.45, 2.75) is 52.8 Å². The van der Waals surface area contributed by atoms with Gasteiger partial charge in [0.25, 0.3) is 0 Å². The van der Waals surface area contributed by atoms with Gasteiger partial charge in [-0.25, -0.2) is 0 Å². The number of carboxylic acid groups (broad SMARTS) is 1. The maximum atomic E-state index is 11.3. The summed E-state index contributed by atoms with van der Waals surface area (Å²) >= 11 is 0. The van der Waals surface area contributed by atoms with Crippen molar-refractivity contribution < 1.29 is 15.0 Å². The molecule has 0 aliphatic carbocycles. The Morgan fingerprint density at radius 2 is 1.95 bits per heavy atom. The molecule has 0 saturated heterocycles. The summed E-state index contributed by atoms with van der Waals surface area (Å²) < 4.78 is 0. The zero-order valence-corrected chi connectivity index (χ0v) is 12.5. The van der Waals surface area contributed by atoms with Gasteiger partial charge >= 0.3 is 5.97 Å². The summed E-state index contributed by atoms with van der Waals surface area (Å²) in [5.41, 5.74) is 1.95. The van der Waals surface area contributed by atoms with Gasteiger partial charge in [-0.2, -0.15) is 0 Å². The second-order valence-corrected chi connectivity index (χ2v) is 6.35. The van der Waals surface area contributed by atoms with Gasteiger partial charge in [0.15, 0.2) is 0 Å². The van der Waals surface area contributed by atoms with E-state index in [4.69, 9.17) is 5.11 Å². The minimum Gasteiger partial charge on any atom is -0.480 e. The molecule has 1 aromatic rings. The van der Waals surface area contributed by atoms with Crippen LogP contribution in [0.3, 0.4) is 0 Å². The maximum Gasteiger partial charge on any atom is 0.320 e. The fourth-order valence-electron chi connectivity index (χ4n) is 1.97. The van der Waals surface area contributed by atoms with E-state index < -0.39 is 12.0 Å². The summed E-state index contributed by atoms with van der Waals surface area (Å²) in [6, 6.07) is 6.99. The molecule has 0 spiro atoms. The van der Waals surface area contributed by atoms with Crippen molar-refractivity contribution in [3.05, 3.63) is 35.4 Å². The van der Waals surface area contributed by atoms with E-state index in [-0.39, 0.29) is 12.0 Å². The molecule has 20 heavy (non-hydrogen) atoms. The van der Waals surface area contributed by atoms with Crippen LogP contribution in [0.5, 0.6) is 0 Å². The lowest BCUT2D eigenvalue weighted by Crippen LogP contribution is -2.37. The molecule has 0 saturated carbocycles. The van der Waals surface area contributed by atoms with Gasteiger partial charge < -0.3 is 15.5 Å². The zero-order chi connectivity index (χ0) is 15.2. The first-order chi connectivity index (χ1) is 9.31. The molecule has 0 radical (unpaired) electrons. The molecule has 0 aliphatic heterocycles. The van der Waals surface area contributed by atoms with Gasteiger partial charge in [0.2, 0.25) is 0 Å². The molecule has 0 amide bonds. The lowest BCUT2D eigenvalue weighted by atomic mass is 9.88. The van der Waals surface area contributed by atoms with E-state index in [2.05, 4.69) is 26.1 Å². The highest BCUT2D eigenvalue weighted by atomic mass is 16.4. The number of hydrogen-bond donors (Lipinski definition) is 3. The summed E-state index contributed by atoms with van der Waals surface area (Å²) in [7, 11) is 0. The quantitative estimate of drug-likeness (QED) is 0.717. The topological polar surface area (TPSA) is 69.6 Å². The molecular formula is C16H25NO3. The molecule has 0 aliphatic rings. The largest absolute Gasteiger partial charge is 0.480 e. The number of carboxylic acids is 1. The van der Waals surface area contributed by atoms with Gasteiger partial charge in [-0.15, -0.1) is 0 Å². The molecule has 1 aromatic carbocycles. The molecule has 0 unspecified atom stereocenters. The predicted octanol–water partition coefficient (Wildman–Crippen LogP) is 2.55. The third kappa shape index (κ3) is 6.17. The van der Waals surface area contributed by atoms with Gasteiger partial charge in [-0.05, 0) is 29.4 Å². The number of hydrogen-bond acceptors (Lipinski definition) is 3. The summed E-state index contributed by atoms with van der Waals surface area (Å²) in [4.78, 5) is 11.3. The van der Waals surface area contributed by atoms with Gasteiger partial charge in [0.05, 0.1) is 6.61 Å². The van der Waals surface area contributed by atoms with Crippen LogP contribution in [0.4, 0.5) is 0 Å². The van der Waals surface area contributed by atoms with E-state index in [9.17, 15) is 9.90 Å². The highest BCUT2D eigenvalue weighted by Gasteiger charge is 2.20. The lowest BCUT2D eigenvalue weighted by molar-refractivity contribution is -0.139. The summed E-state index contributed by atoms with van der Waals surface area (Å²) in [5, 5.41) is 21.4. The molecule has 0 heterocycles. The Morgan fingerprint density at radius 3 is 2.50 bits per heavy atom. The van der Waals surface area contributed by atoms with Gasteiger partial charge in [-0.1, -0.05) is 45.0 Å². The first-order valence-electron chi connectivity index (χ1n) is 6.97. The average Bonchev–Trinajstić information content (AvgIpc) is 2.37. The van der Waals surface area contributed by atoms with Crippen LogP contribution < -0.4 is 5.32 Å². The maximum absolute atomic E-state index is 11.3. The van der Waals surface area contributed by atoms with E-state index in [1.165, 1.54) is 0 Å². The molecule has 4 heteroatoms. The first-order valence-corrected chi connectivity index (χ1v) is 6.97. The third-order valence-corrected chi connectivity index (χ3v) is 3.21. The van der Waals surface area contributed by atoms with E-state index in [1.807, 2.05) is 24.3 Å². The van der Waals surface area contributed by atoms with Crippen LogP contribution in [0.1, 0.15) is 44.7 Å². The number of nitrogens with one attached hydrogen (secondary N) is 1. The molecule has 3 N–H and O–H groups in total. The molecule has 0 aromatic heterocycles. The Kier molecular flexibility index (Phi) is 6.17. The fourth-order valence-corrected chi connectivity index (χ4v) is 1.97. The van der Waals surface area contributed by atoms with Crippen molar-refractivity contribution in [1.82, 2.24) is 5.32 Å². The molecule has 0 fully saturated rings. The van der Waals surface area contributed by atoms with Crippen LogP contribution in [0.2, 0.25) is 0 Å². The number of aliphatic hydroxyl groups is 1. The molecular weight excluding hydrogens is 254 g/mol. The molecule has 1 rings (SSSR count). The SMILES string of the molecule is CC(C)(C)CC[C@H](NCc1cccc(CO)c1)C(=O)O. The van der Waals surface area contributed by atoms with E-state index in [0.29, 0.717) is 13.0 Å². The minimum atomic E-state index is -0.812. The van der Waals surface area contributed by atoms with Crippen molar-refractivity contribution >= 4 is 5.97 Å². The van der Waals surface area contributed by atoms with Crippen LogP contribution in [-0.4, -0.2) is 22.2 Å². The molecule has 0 bridgehead atoms. The van der Waals surface area contributed by atoms with Crippen molar-refractivity contribution in [3.8, 4) is 0 Å². The number of benzene rings is 1. The van der Waals surface area contributed by atoms with Crippen LogP contribution in [0.15, 0.2) is 24.3 Å². The Hall–Kier alpha value is -1.39. The van der Waals surface area contributed by atoms with Gasteiger partial charge in [0.1, 0.15) is 6.04 Å². The van der Waals surface area contributed by atoms with E-state index in [0.717, 1.165) is 17.5 Å². The highest BCUT2D eigenvalue weighted by Crippen LogP contribution is 2.21. The summed E-state index contributed by atoms with van der Waals surface area (Å²) in [5.74, 6) is -0.812. The Balaban J connectivity index is 2.56. The monoisotopic (exact) mass is 279 g/mol. The number of aliphatic carboxylic acids is 1. The normalized spacial score (nSPS) is 13.2. The molecule has 112 valence electrons. The average molecular weight is 279 g/mol. The predicted molar refractivity (Wildman–Crippen MR) is 79.3 cm³/mol. The number of aliphatic hydroxyl groups excluding tert-OH is 1. The lowest BCUT2D eigenvalue weighted by Gasteiger charge is -2.21.